The first-order chi connectivity index (χ1) is 6.99. The molecule has 0 saturated heterocycles. The minimum absolute atomic E-state index is 0.0328. The molecule has 0 N–H and O–H groups in total. The van der Waals surface area contributed by atoms with Gasteiger partial charge in [0.1, 0.15) is 0 Å². The minimum atomic E-state index is -0.528. The first-order valence-corrected chi connectivity index (χ1v) is 4.80. The van der Waals surface area contributed by atoms with Gasteiger partial charge in [-0.3, -0.25) is 10.1 Å². The molecule has 5 nitrogen and oxygen atoms in total. The molecule has 0 aliphatic rings. The lowest BCUT2D eigenvalue weighted by atomic mass is 10.1. The number of nitrogens with zero attached hydrogens (tertiary/aromatic N) is 1. The number of carbonyl (C=O) groups excluding carboxylic acids is 1. The molecule has 0 saturated carbocycles. The Bertz CT molecular complexity index is 430. The van der Waals surface area contributed by atoms with E-state index in [1.165, 1.54) is 19.2 Å². The van der Waals surface area contributed by atoms with E-state index in [0.717, 1.165) is 0 Å². The van der Waals surface area contributed by atoms with Gasteiger partial charge in [0.2, 0.25) is 0 Å². The van der Waals surface area contributed by atoms with E-state index in [-0.39, 0.29) is 11.3 Å². The van der Waals surface area contributed by atoms with E-state index in [2.05, 4.69) is 20.7 Å². The first kappa shape index (κ1) is 11.6. The van der Waals surface area contributed by atoms with Gasteiger partial charge in [-0.2, -0.15) is 0 Å². The van der Waals surface area contributed by atoms with Gasteiger partial charge in [-0.15, -0.1) is 0 Å². The SMILES string of the molecule is COC(=O)c1ccc([N+](=O)[O-])c(C)c1Br. The van der Waals surface area contributed by atoms with Crippen LogP contribution in [0.2, 0.25) is 0 Å². The van der Waals surface area contributed by atoms with Crippen molar-refractivity contribution in [1.82, 2.24) is 0 Å². The molecule has 15 heavy (non-hydrogen) atoms. The number of benzene rings is 1. The van der Waals surface area contributed by atoms with Crippen LogP contribution in [0.15, 0.2) is 16.6 Å². The summed E-state index contributed by atoms with van der Waals surface area (Å²) in [6.07, 6.45) is 0. The summed E-state index contributed by atoms with van der Waals surface area (Å²) in [4.78, 5) is 21.3. The van der Waals surface area contributed by atoms with Crippen molar-refractivity contribution in [1.29, 1.82) is 0 Å². The number of carbonyl (C=O) groups is 1. The topological polar surface area (TPSA) is 69.4 Å². The van der Waals surface area contributed by atoms with Crippen LogP contribution in [0.4, 0.5) is 5.69 Å². The fourth-order valence-corrected chi connectivity index (χ4v) is 1.64. The number of hydrogen-bond acceptors (Lipinski definition) is 4. The molecule has 0 aliphatic heterocycles. The molecule has 0 heterocycles. The van der Waals surface area contributed by atoms with Crippen LogP contribution in [0.3, 0.4) is 0 Å². The molecule has 0 bridgehead atoms. The summed E-state index contributed by atoms with van der Waals surface area (Å²) in [6, 6.07) is 2.65. The second kappa shape index (κ2) is 4.39. The number of halogens is 1. The van der Waals surface area contributed by atoms with E-state index in [0.29, 0.717) is 10.0 Å². The van der Waals surface area contributed by atoms with Gasteiger partial charge in [-0.05, 0) is 28.9 Å². The van der Waals surface area contributed by atoms with Crippen molar-refractivity contribution in [2.45, 2.75) is 6.92 Å². The molecular weight excluding hydrogens is 266 g/mol. The third kappa shape index (κ3) is 2.15. The van der Waals surface area contributed by atoms with Gasteiger partial charge >= 0.3 is 5.97 Å². The maximum absolute atomic E-state index is 11.2. The molecule has 1 rings (SSSR count). The van der Waals surface area contributed by atoms with E-state index in [9.17, 15) is 14.9 Å². The number of nitro benzene ring substituents is 1. The van der Waals surface area contributed by atoms with Gasteiger partial charge in [0.25, 0.3) is 5.69 Å². The molecule has 6 heteroatoms. The summed E-state index contributed by atoms with van der Waals surface area (Å²) in [5.74, 6) is -0.528. The molecule has 0 unspecified atom stereocenters. The van der Waals surface area contributed by atoms with Crippen LogP contribution in [-0.4, -0.2) is 18.0 Å². The van der Waals surface area contributed by atoms with Gasteiger partial charge in [-0.1, -0.05) is 0 Å². The predicted octanol–water partition coefficient (Wildman–Crippen LogP) is 2.45. The Morgan fingerprint density at radius 3 is 2.60 bits per heavy atom. The molecule has 0 atom stereocenters. The highest BCUT2D eigenvalue weighted by Gasteiger charge is 2.19. The summed E-state index contributed by atoms with van der Waals surface area (Å²) >= 11 is 3.14. The van der Waals surface area contributed by atoms with Crippen LogP contribution in [0, 0.1) is 17.0 Å². The molecule has 1 aromatic carbocycles. The van der Waals surface area contributed by atoms with Gasteiger partial charge in [0.15, 0.2) is 0 Å². The Morgan fingerprint density at radius 1 is 1.53 bits per heavy atom. The minimum Gasteiger partial charge on any atom is -0.465 e. The van der Waals surface area contributed by atoms with Crippen molar-refractivity contribution in [3.8, 4) is 0 Å². The van der Waals surface area contributed by atoms with Crippen LogP contribution in [0.1, 0.15) is 15.9 Å². The average molecular weight is 274 g/mol. The fraction of sp³-hybridized carbons (Fsp3) is 0.222. The summed E-state index contributed by atoms with van der Waals surface area (Å²) in [5.41, 5.74) is 0.651. The summed E-state index contributed by atoms with van der Waals surface area (Å²) in [5, 5.41) is 10.6. The van der Waals surface area contributed by atoms with Crippen molar-refractivity contribution in [3.05, 3.63) is 37.8 Å². The summed E-state index contributed by atoms with van der Waals surface area (Å²) in [7, 11) is 1.26. The monoisotopic (exact) mass is 273 g/mol. The smallest absolute Gasteiger partial charge is 0.339 e. The number of ether oxygens (including phenoxy) is 1. The third-order valence-electron chi connectivity index (χ3n) is 1.96. The Kier molecular flexibility index (Phi) is 3.41. The standard InChI is InChI=1S/C9H8BrNO4/c1-5-7(11(13)14)4-3-6(8(5)10)9(12)15-2/h3-4H,1-2H3. The maximum Gasteiger partial charge on any atom is 0.339 e. The van der Waals surface area contributed by atoms with Gasteiger partial charge < -0.3 is 4.74 Å². The van der Waals surface area contributed by atoms with E-state index < -0.39 is 10.9 Å². The molecule has 80 valence electrons. The molecule has 0 fully saturated rings. The van der Waals surface area contributed by atoms with E-state index >= 15 is 0 Å². The maximum atomic E-state index is 11.2. The highest BCUT2D eigenvalue weighted by atomic mass is 79.9. The lowest BCUT2D eigenvalue weighted by Gasteiger charge is -2.05. The Hall–Kier alpha value is -1.43. The number of nitro groups is 1. The normalized spacial score (nSPS) is 9.80. The largest absolute Gasteiger partial charge is 0.465 e. The summed E-state index contributed by atoms with van der Waals surface area (Å²) < 4.78 is 4.93. The molecule has 0 radical (unpaired) electrons. The van der Waals surface area contributed by atoms with E-state index in [1.807, 2.05) is 0 Å². The van der Waals surface area contributed by atoms with Crippen LogP contribution in [0.25, 0.3) is 0 Å². The zero-order valence-electron chi connectivity index (χ0n) is 8.11. The van der Waals surface area contributed by atoms with Crippen LogP contribution < -0.4 is 0 Å². The second-order valence-electron chi connectivity index (χ2n) is 2.82. The number of esters is 1. The second-order valence-corrected chi connectivity index (χ2v) is 3.61. The molecule has 0 spiro atoms. The summed E-state index contributed by atoms with van der Waals surface area (Å²) in [6.45, 7) is 1.56. The van der Waals surface area contributed by atoms with Crippen molar-refractivity contribution in [2.24, 2.45) is 0 Å². The Balaban J connectivity index is 3.33. The predicted molar refractivity (Wildman–Crippen MR) is 56.9 cm³/mol. The zero-order valence-corrected chi connectivity index (χ0v) is 9.70. The lowest BCUT2D eigenvalue weighted by Crippen LogP contribution is -2.04. The number of methoxy groups -OCH3 is 1. The van der Waals surface area contributed by atoms with Crippen molar-refractivity contribution in [3.63, 3.8) is 0 Å². The van der Waals surface area contributed by atoms with Crippen molar-refractivity contribution >= 4 is 27.6 Å². The Morgan fingerprint density at radius 2 is 2.13 bits per heavy atom. The molecule has 0 aromatic heterocycles. The van der Waals surface area contributed by atoms with Crippen molar-refractivity contribution < 1.29 is 14.5 Å². The van der Waals surface area contributed by atoms with Gasteiger partial charge in [0, 0.05) is 16.1 Å². The zero-order chi connectivity index (χ0) is 11.6. The highest BCUT2D eigenvalue weighted by molar-refractivity contribution is 9.10. The number of rotatable bonds is 2. The quantitative estimate of drug-likeness (QED) is 0.472. The van der Waals surface area contributed by atoms with Crippen LogP contribution in [0.5, 0.6) is 0 Å². The fourth-order valence-electron chi connectivity index (χ4n) is 1.14. The third-order valence-corrected chi connectivity index (χ3v) is 2.98. The van der Waals surface area contributed by atoms with Crippen LogP contribution >= 0.6 is 15.9 Å². The van der Waals surface area contributed by atoms with Crippen molar-refractivity contribution in [2.75, 3.05) is 7.11 Å². The van der Waals surface area contributed by atoms with Gasteiger partial charge in [-0.25, -0.2) is 4.79 Å². The van der Waals surface area contributed by atoms with Crippen LogP contribution in [-0.2, 0) is 4.74 Å². The molecule has 1 aromatic rings. The first-order valence-electron chi connectivity index (χ1n) is 4.00. The highest BCUT2D eigenvalue weighted by Crippen LogP contribution is 2.29. The average Bonchev–Trinajstić information content (AvgIpc) is 2.20. The molecule has 0 amide bonds. The number of hydrogen-bond donors (Lipinski definition) is 0. The lowest BCUT2D eigenvalue weighted by molar-refractivity contribution is -0.385. The Labute approximate surface area is 94.3 Å². The molecule has 0 aliphatic carbocycles. The van der Waals surface area contributed by atoms with E-state index in [1.54, 1.807) is 6.92 Å². The molecular formula is C9H8BrNO4. The van der Waals surface area contributed by atoms with E-state index in [4.69, 9.17) is 0 Å². The van der Waals surface area contributed by atoms with Gasteiger partial charge in [0.05, 0.1) is 17.6 Å².